The summed E-state index contributed by atoms with van der Waals surface area (Å²) in [5.74, 6) is -70.1. The maximum Gasteiger partial charge on any atom is 0.285 e. The van der Waals surface area contributed by atoms with Crippen LogP contribution in [0.5, 0.6) is 11.6 Å². The summed E-state index contributed by atoms with van der Waals surface area (Å²) in [5, 5.41) is 0. The highest BCUT2D eigenvalue weighted by Crippen LogP contribution is 2.31. The smallest absolute Gasteiger partial charge is 0.285 e. The number of unbranched alkanes of at least 4 members (excludes halogenated alkanes) is 7. The number of Topliss-reactive ketones (excluding diaryl/α,β-unsaturated/α-hetero) is 1. The van der Waals surface area contributed by atoms with E-state index in [1.54, 1.807) is 23.2 Å². The SMILES string of the molecule is CCCCCCCCCCc1ccc(Oc2c[n+](CC(=O)c3ccccc3)ccn2)cc1.Fc1c(F)c(F)c([B-](c2c(F)c(F)c(F)c(F)c2F)(c2c(F)c(F)c(F)c(F)c2F)c2c(F)c(F)c(F)c(F)c2F)c(F)c1F. The Morgan fingerprint density at radius 1 is 0.442 bits per heavy atom. The van der Waals surface area contributed by atoms with Gasteiger partial charge in [-0.3, -0.25) is 4.79 Å². The zero-order valence-corrected chi connectivity index (χ0v) is 39.3. The molecular weight excluding hydrogens is 1080 g/mol. The average Bonchev–Trinajstić information content (AvgIpc) is 3.42. The molecule has 7 aromatic rings. The van der Waals surface area contributed by atoms with Crippen molar-refractivity contribution in [3.63, 3.8) is 0 Å². The second kappa shape index (κ2) is 24.7. The predicted molar refractivity (Wildman–Crippen MR) is 237 cm³/mol. The number of ketones is 1. The van der Waals surface area contributed by atoms with Gasteiger partial charge in [0.25, 0.3) is 5.88 Å². The van der Waals surface area contributed by atoms with Crippen molar-refractivity contribution in [2.45, 2.75) is 71.3 Å². The lowest BCUT2D eigenvalue weighted by atomic mass is 9.12. The first-order valence-electron chi connectivity index (χ1n) is 22.9. The minimum absolute atomic E-state index is 0.0538. The van der Waals surface area contributed by atoms with Crippen LogP contribution < -0.4 is 31.2 Å². The Labute approximate surface area is 423 Å². The molecule has 0 radical (unpaired) electrons. The summed E-state index contributed by atoms with van der Waals surface area (Å²) >= 11 is 0. The van der Waals surface area contributed by atoms with Crippen molar-refractivity contribution >= 4 is 33.8 Å². The molecule has 408 valence electrons. The van der Waals surface area contributed by atoms with E-state index in [-0.39, 0.29) is 12.3 Å². The van der Waals surface area contributed by atoms with Gasteiger partial charge in [0.15, 0.2) is 76.0 Å². The van der Waals surface area contributed by atoms with Gasteiger partial charge in [0.1, 0.15) is 58.4 Å². The molecule has 7 rings (SSSR count). The van der Waals surface area contributed by atoms with Gasteiger partial charge in [-0.2, -0.15) is 4.57 Å². The molecule has 0 bridgehead atoms. The Hall–Kier alpha value is -7.47. The van der Waals surface area contributed by atoms with Crippen molar-refractivity contribution < 1.29 is 102 Å². The Morgan fingerprint density at radius 2 is 0.779 bits per heavy atom. The summed E-state index contributed by atoms with van der Waals surface area (Å²) in [6.07, 6.45) is 9.80. The largest absolute Gasteiger partial charge is 0.434 e. The van der Waals surface area contributed by atoms with Crippen molar-refractivity contribution in [2.24, 2.45) is 0 Å². The molecule has 1 heterocycles. The molecule has 0 unspecified atom stereocenters. The fourth-order valence-corrected chi connectivity index (χ4v) is 8.62. The highest BCUT2D eigenvalue weighted by Gasteiger charge is 2.52. The quantitative estimate of drug-likeness (QED) is 0.0164. The first-order chi connectivity index (χ1) is 36.4. The number of carbonyl (C=O) groups is 1. The molecule has 0 aliphatic carbocycles. The fraction of sp³-hybridized carbons (Fsp3) is 0.212. The molecule has 0 saturated carbocycles. The van der Waals surface area contributed by atoms with E-state index in [1.807, 2.05) is 42.5 Å². The Balaban J connectivity index is 0.000000264. The molecule has 4 nitrogen and oxygen atoms in total. The third kappa shape index (κ3) is 11.5. The molecule has 0 saturated heterocycles. The number of benzene rings is 6. The zero-order valence-electron chi connectivity index (χ0n) is 39.3. The molecule has 1 aromatic heterocycles. The summed E-state index contributed by atoms with van der Waals surface area (Å²) in [7, 11) is 0. The van der Waals surface area contributed by atoms with E-state index in [1.165, 1.54) is 56.9 Å². The van der Waals surface area contributed by atoms with Crippen LogP contribution in [0.1, 0.15) is 74.2 Å². The van der Waals surface area contributed by atoms with E-state index in [2.05, 4.69) is 24.0 Å². The lowest BCUT2D eigenvalue weighted by Crippen LogP contribution is -2.81. The van der Waals surface area contributed by atoms with Gasteiger partial charge in [0.2, 0.25) is 18.5 Å². The molecule has 6 aromatic carbocycles. The molecule has 0 amide bonds. The molecule has 0 spiro atoms. The first kappa shape index (κ1) is 58.8. The number of halogens is 20. The Morgan fingerprint density at radius 3 is 1.14 bits per heavy atom. The summed E-state index contributed by atoms with van der Waals surface area (Å²) in [6, 6.07) is 17.6. The maximum atomic E-state index is 15.4. The zero-order chi connectivity index (χ0) is 56.8. The third-order valence-electron chi connectivity index (χ3n) is 12.3. The van der Waals surface area contributed by atoms with E-state index in [0.29, 0.717) is 11.4 Å². The van der Waals surface area contributed by atoms with Crippen LogP contribution in [0.2, 0.25) is 0 Å². The van der Waals surface area contributed by atoms with Crippen molar-refractivity contribution in [2.75, 3.05) is 0 Å². The van der Waals surface area contributed by atoms with Crippen LogP contribution in [0.3, 0.4) is 0 Å². The molecule has 0 N–H and O–H groups in total. The second-order valence-electron chi connectivity index (χ2n) is 17.1. The number of nitrogens with zero attached hydrogens (tertiary/aromatic N) is 2. The molecule has 25 heteroatoms. The van der Waals surface area contributed by atoms with Gasteiger partial charge in [-0.25, -0.2) is 92.8 Å². The van der Waals surface area contributed by atoms with Crippen LogP contribution in [0.4, 0.5) is 87.8 Å². The van der Waals surface area contributed by atoms with Gasteiger partial charge in [0.05, 0.1) is 6.20 Å². The van der Waals surface area contributed by atoms with Crippen LogP contribution in [0.25, 0.3) is 0 Å². The number of hydrogen-bond acceptors (Lipinski definition) is 3. The third-order valence-corrected chi connectivity index (χ3v) is 12.3. The van der Waals surface area contributed by atoms with Gasteiger partial charge in [-0.15, -0.1) is 21.9 Å². The molecule has 77 heavy (non-hydrogen) atoms. The number of aryl methyl sites for hydroxylation is 1. The number of rotatable bonds is 18. The van der Waals surface area contributed by atoms with Crippen molar-refractivity contribution in [1.82, 2.24) is 4.98 Å². The van der Waals surface area contributed by atoms with Gasteiger partial charge in [-0.05, 0) is 30.5 Å². The standard InChI is InChI=1S/C28H35N2O2.C24BF20/c1-2-3-4-5-6-7-8-10-13-24-16-18-26(19-17-24)32-28-23-30(21-20-29-28)22-27(31)25-14-11-9-12-15-25;26-5-1(6(27)14(35)21(42)13(5)34)25(2-7(28)15(36)22(43)16(37)8(2)29,3-9(30)17(38)23(44)18(39)10(3)31)4-11(32)19(40)24(45)20(41)12(4)33/h9,11-12,14-21,23H,2-8,10,13,22H2,1H3;/q+1;-1. The number of ether oxygens (including phenoxy) is 1. The highest BCUT2D eigenvalue weighted by atomic mass is 19.2. The van der Waals surface area contributed by atoms with Crippen LogP contribution in [-0.4, -0.2) is 16.9 Å². The van der Waals surface area contributed by atoms with Crippen molar-refractivity contribution in [1.29, 1.82) is 0 Å². The van der Waals surface area contributed by atoms with Crippen molar-refractivity contribution in [3.05, 3.63) is 201 Å². The van der Waals surface area contributed by atoms with Crippen LogP contribution >= 0.6 is 0 Å². The lowest BCUT2D eigenvalue weighted by Gasteiger charge is -2.44. The lowest BCUT2D eigenvalue weighted by molar-refractivity contribution is -0.683. The summed E-state index contributed by atoms with van der Waals surface area (Å²) < 4.78 is 302. The van der Waals surface area contributed by atoms with Gasteiger partial charge in [-0.1, -0.05) is 94.3 Å². The van der Waals surface area contributed by atoms with E-state index in [4.69, 9.17) is 4.74 Å². The van der Waals surface area contributed by atoms with Gasteiger partial charge in [0, 0.05) is 5.56 Å². The monoisotopic (exact) mass is 1110 g/mol. The molecule has 0 aliphatic heterocycles. The number of aromatic nitrogens is 2. The summed E-state index contributed by atoms with van der Waals surface area (Å²) in [4.78, 5) is 16.7. The average molecular weight is 1110 g/mol. The Bertz CT molecular complexity index is 2950. The Kier molecular flexibility index (Phi) is 18.8. The van der Waals surface area contributed by atoms with Gasteiger partial charge < -0.3 is 4.74 Å². The molecular formula is C52H35BF20N2O2. The van der Waals surface area contributed by atoms with E-state index in [9.17, 15) is 57.5 Å². The topological polar surface area (TPSA) is 43.1 Å². The number of hydrogen-bond donors (Lipinski definition) is 0. The summed E-state index contributed by atoms with van der Waals surface area (Å²) in [5.41, 5.74) is -12.3. The molecule has 0 fully saturated rings. The highest BCUT2D eigenvalue weighted by molar-refractivity contribution is 7.20. The van der Waals surface area contributed by atoms with Crippen molar-refractivity contribution in [3.8, 4) is 11.6 Å². The van der Waals surface area contributed by atoms with Crippen LogP contribution in [0, 0.1) is 116 Å². The summed E-state index contributed by atoms with van der Waals surface area (Å²) in [6.45, 7) is 2.51. The van der Waals surface area contributed by atoms with Crippen LogP contribution in [0.15, 0.2) is 73.2 Å². The molecule has 0 aliphatic rings. The normalized spacial score (nSPS) is 11.5. The minimum atomic E-state index is -7.22. The predicted octanol–water partition coefficient (Wildman–Crippen LogP) is 12.6. The van der Waals surface area contributed by atoms with E-state index in [0.717, 1.165) is 12.2 Å². The number of carbonyl (C=O) groups excluding carboxylic acids is 1. The van der Waals surface area contributed by atoms with E-state index >= 15 is 35.1 Å². The van der Waals surface area contributed by atoms with Crippen LogP contribution in [-0.2, 0) is 13.0 Å². The second-order valence-corrected chi connectivity index (χ2v) is 17.1. The van der Waals surface area contributed by atoms with Gasteiger partial charge >= 0.3 is 0 Å². The fourth-order valence-electron chi connectivity index (χ4n) is 8.62. The first-order valence-corrected chi connectivity index (χ1v) is 22.9. The maximum absolute atomic E-state index is 15.4. The van der Waals surface area contributed by atoms with E-state index < -0.39 is 144 Å². The molecule has 0 atom stereocenters. The minimum Gasteiger partial charge on any atom is -0.434 e.